The fourth-order valence-corrected chi connectivity index (χ4v) is 5.54. The van der Waals surface area contributed by atoms with E-state index in [-0.39, 0.29) is 11.5 Å². The van der Waals surface area contributed by atoms with Crippen molar-refractivity contribution in [3.8, 4) is 22.6 Å². The lowest BCUT2D eigenvalue weighted by Gasteiger charge is -2.58. The molecule has 5 rings (SSSR count). The summed E-state index contributed by atoms with van der Waals surface area (Å²) < 4.78 is 10.7. The zero-order chi connectivity index (χ0) is 23.3. The fraction of sp³-hybridized carbons (Fsp3) is 0.348. The summed E-state index contributed by atoms with van der Waals surface area (Å²) >= 11 is 13.1. The number of carbonyl (C=O) groups is 1. The molecule has 0 unspecified atom stereocenters. The maximum Gasteiger partial charge on any atom is 0.407 e. The number of fused-ring (bicyclic) bond motifs is 1. The molecular formula is C23H22Cl2N4O4. The van der Waals surface area contributed by atoms with Gasteiger partial charge >= 0.3 is 6.09 Å². The highest BCUT2D eigenvalue weighted by molar-refractivity contribution is 6.41. The molecule has 172 valence electrons. The number of halogens is 2. The maximum absolute atomic E-state index is 11.0. The molecule has 2 fully saturated rings. The lowest BCUT2D eigenvalue weighted by Crippen LogP contribution is -2.66. The zero-order valence-electron chi connectivity index (χ0n) is 18.1. The Morgan fingerprint density at radius 2 is 1.82 bits per heavy atom. The van der Waals surface area contributed by atoms with Crippen LogP contribution >= 0.6 is 23.2 Å². The third kappa shape index (κ3) is 3.77. The summed E-state index contributed by atoms with van der Waals surface area (Å²) in [5.41, 5.74) is 2.33. The van der Waals surface area contributed by atoms with Gasteiger partial charge in [-0.3, -0.25) is 0 Å². The number of aromatic nitrogens is 2. The van der Waals surface area contributed by atoms with Gasteiger partial charge in [-0.15, -0.1) is 0 Å². The van der Waals surface area contributed by atoms with Crippen LogP contribution in [0.1, 0.15) is 12.8 Å². The quantitative estimate of drug-likeness (QED) is 0.510. The average Bonchev–Trinajstić information content (AvgIpc) is 2.74. The van der Waals surface area contributed by atoms with Crippen LogP contribution in [0.4, 0.5) is 10.7 Å². The number of likely N-dealkylation sites (tertiary alicyclic amines) is 1. The first-order valence-corrected chi connectivity index (χ1v) is 11.2. The van der Waals surface area contributed by atoms with Gasteiger partial charge in [-0.05, 0) is 30.5 Å². The van der Waals surface area contributed by atoms with Crippen molar-refractivity contribution < 1.29 is 19.4 Å². The molecule has 1 spiro atoms. The second-order valence-electron chi connectivity index (χ2n) is 8.64. The van der Waals surface area contributed by atoms with E-state index in [2.05, 4.69) is 15.3 Å². The van der Waals surface area contributed by atoms with E-state index in [9.17, 15) is 4.79 Å². The van der Waals surface area contributed by atoms with Crippen LogP contribution in [0.5, 0.6) is 11.5 Å². The van der Waals surface area contributed by atoms with E-state index in [4.69, 9.17) is 37.8 Å². The molecule has 3 aromatic rings. The first-order chi connectivity index (χ1) is 15.8. The van der Waals surface area contributed by atoms with E-state index in [1.807, 2.05) is 18.2 Å². The maximum atomic E-state index is 11.0. The Balaban J connectivity index is 1.35. The van der Waals surface area contributed by atoms with Crippen LogP contribution in [-0.2, 0) is 0 Å². The van der Waals surface area contributed by atoms with Crippen molar-refractivity contribution in [3.05, 3.63) is 40.5 Å². The third-order valence-corrected chi connectivity index (χ3v) is 7.21. The number of nitrogens with one attached hydrogen (secondary N) is 1. The van der Waals surface area contributed by atoms with Gasteiger partial charge in [0.15, 0.2) is 0 Å². The normalized spacial score (nSPS) is 16.9. The first kappa shape index (κ1) is 21.9. The Bertz CT molecular complexity index is 1230. The molecule has 0 atom stereocenters. The highest BCUT2D eigenvalue weighted by atomic mass is 35.5. The lowest BCUT2D eigenvalue weighted by atomic mass is 9.61. The van der Waals surface area contributed by atoms with Crippen molar-refractivity contribution in [1.29, 1.82) is 0 Å². The van der Waals surface area contributed by atoms with Gasteiger partial charge in [-0.2, -0.15) is 0 Å². The molecule has 0 radical (unpaired) electrons. The Hall–Kier alpha value is -2.97. The number of hydrogen-bond donors (Lipinski definition) is 2. The number of carboxylic acid groups (broad SMARTS) is 1. The van der Waals surface area contributed by atoms with Gasteiger partial charge in [0.2, 0.25) is 5.95 Å². The summed E-state index contributed by atoms with van der Waals surface area (Å²) in [6.45, 7) is 1.23. The smallest absolute Gasteiger partial charge is 0.407 e. The third-order valence-electron chi connectivity index (χ3n) is 6.46. The Kier molecular flexibility index (Phi) is 5.37. The molecule has 0 bridgehead atoms. The van der Waals surface area contributed by atoms with Crippen LogP contribution in [0.25, 0.3) is 22.0 Å². The van der Waals surface area contributed by atoms with Crippen molar-refractivity contribution in [2.45, 2.75) is 18.9 Å². The van der Waals surface area contributed by atoms with Gasteiger partial charge in [-0.25, -0.2) is 14.8 Å². The summed E-state index contributed by atoms with van der Waals surface area (Å²) in [4.78, 5) is 21.5. The van der Waals surface area contributed by atoms with Gasteiger partial charge in [0.25, 0.3) is 0 Å². The van der Waals surface area contributed by atoms with Gasteiger partial charge in [0.05, 0.1) is 29.8 Å². The number of nitrogens with zero attached hydrogens (tertiary/aromatic N) is 3. The van der Waals surface area contributed by atoms with Crippen LogP contribution in [0.3, 0.4) is 0 Å². The SMILES string of the molecule is COc1cc(OC)c(Cl)c(-c2ccc3nc(NC4CC5(C4)CN(C(=O)O)C5)ncc3c2)c1Cl. The second kappa shape index (κ2) is 8.11. The Morgan fingerprint density at radius 3 is 2.42 bits per heavy atom. The van der Waals surface area contributed by atoms with Crippen molar-refractivity contribution in [1.82, 2.24) is 14.9 Å². The molecule has 2 heterocycles. The van der Waals surface area contributed by atoms with E-state index in [0.717, 1.165) is 29.3 Å². The number of amides is 1. The summed E-state index contributed by atoms with van der Waals surface area (Å²) in [7, 11) is 3.08. The number of hydrogen-bond acceptors (Lipinski definition) is 6. The number of anilines is 1. The van der Waals surface area contributed by atoms with Crippen molar-refractivity contribution in [2.24, 2.45) is 5.41 Å². The van der Waals surface area contributed by atoms with Crippen molar-refractivity contribution in [3.63, 3.8) is 0 Å². The highest BCUT2D eigenvalue weighted by Gasteiger charge is 2.54. The van der Waals surface area contributed by atoms with Crippen molar-refractivity contribution in [2.75, 3.05) is 32.6 Å². The predicted molar refractivity (Wildman–Crippen MR) is 127 cm³/mol. The minimum absolute atomic E-state index is 0.123. The van der Waals surface area contributed by atoms with Gasteiger partial charge in [0.1, 0.15) is 11.5 Å². The van der Waals surface area contributed by atoms with Gasteiger partial charge in [-0.1, -0.05) is 29.3 Å². The minimum atomic E-state index is -0.843. The molecular weight excluding hydrogens is 467 g/mol. The molecule has 1 aliphatic heterocycles. The fourth-order valence-electron chi connectivity index (χ4n) is 4.82. The summed E-state index contributed by atoms with van der Waals surface area (Å²) in [5, 5.41) is 14.0. The molecule has 8 nitrogen and oxygen atoms in total. The highest BCUT2D eigenvalue weighted by Crippen LogP contribution is 2.49. The molecule has 10 heteroatoms. The summed E-state index contributed by atoms with van der Waals surface area (Å²) in [6.07, 6.45) is 2.76. The molecule has 2 aliphatic rings. The Morgan fingerprint density at radius 1 is 1.15 bits per heavy atom. The van der Waals surface area contributed by atoms with Crippen LogP contribution in [-0.4, -0.2) is 59.4 Å². The molecule has 33 heavy (non-hydrogen) atoms. The summed E-state index contributed by atoms with van der Waals surface area (Å²) in [6, 6.07) is 7.63. The van der Waals surface area contributed by atoms with E-state index < -0.39 is 6.09 Å². The van der Waals surface area contributed by atoms with Crippen LogP contribution in [0.2, 0.25) is 10.0 Å². The molecule has 1 aromatic heterocycles. The number of methoxy groups -OCH3 is 2. The minimum Gasteiger partial charge on any atom is -0.495 e. The van der Waals surface area contributed by atoms with Gasteiger partial charge < -0.3 is 24.8 Å². The lowest BCUT2D eigenvalue weighted by molar-refractivity contribution is -0.0520. The van der Waals surface area contributed by atoms with Crippen LogP contribution in [0, 0.1) is 5.41 Å². The zero-order valence-corrected chi connectivity index (χ0v) is 19.6. The largest absolute Gasteiger partial charge is 0.495 e. The van der Waals surface area contributed by atoms with E-state index >= 15 is 0 Å². The Labute approximate surface area is 200 Å². The molecule has 2 N–H and O–H groups in total. The molecule has 1 aliphatic carbocycles. The standard InChI is InChI=1S/C23H22Cl2N4O4/c1-32-16-6-17(33-2)20(25)18(19(16)24)12-3-4-15-13(5-12)9-26-21(28-15)27-14-7-23(8-14)10-29(11-23)22(30)31/h3-6,9,14H,7-8,10-11H2,1-2H3,(H,30,31)(H,26,27,28). The summed E-state index contributed by atoms with van der Waals surface area (Å²) in [5.74, 6) is 1.50. The molecule has 1 saturated heterocycles. The molecule has 1 amide bonds. The first-order valence-electron chi connectivity index (χ1n) is 10.4. The topological polar surface area (TPSA) is 96.8 Å². The number of rotatable bonds is 5. The van der Waals surface area contributed by atoms with Crippen LogP contribution < -0.4 is 14.8 Å². The van der Waals surface area contributed by atoms with Gasteiger partial charge in [0, 0.05) is 47.8 Å². The van der Waals surface area contributed by atoms with E-state index in [1.54, 1.807) is 12.3 Å². The molecule has 1 saturated carbocycles. The van der Waals surface area contributed by atoms with E-state index in [0.29, 0.717) is 46.1 Å². The average molecular weight is 489 g/mol. The van der Waals surface area contributed by atoms with E-state index in [1.165, 1.54) is 19.1 Å². The molecule has 2 aromatic carbocycles. The van der Waals surface area contributed by atoms with Crippen LogP contribution in [0.15, 0.2) is 30.5 Å². The second-order valence-corrected chi connectivity index (χ2v) is 9.40. The van der Waals surface area contributed by atoms with Crippen molar-refractivity contribution >= 4 is 46.1 Å². The monoisotopic (exact) mass is 488 g/mol. The number of ether oxygens (including phenoxy) is 2. The predicted octanol–water partition coefficient (Wildman–Crippen LogP) is 5.18. The number of benzene rings is 2.